The van der Waals surface area contributed by atoms with Gasteiger partial charge in [0, 0.05) is 12.6 Å². The van der Waals surface area contributed by atoms with E-state index in [4.69, 9.17) is 4.42 Å². The van der Waals surface area contributed by atoms with Crippen molar-refractivity contribution in [3.8, 4) is 0 Å². The van der Waals surface area contributed by atoms with Crippen LogP contribution in [0.1, 0.15) is 32.4 Å². The van der Waals surface area contributed by atoms with Crippen molar-refractivity contribution in [2.45, 2.75) is 39.8 Å². The molecule has 0 saturated carbocycles. The molecule has 3 aromatic rings. The number of nitrogens with zero attached hydrogens (tertiary/aromatic N) is 4. The molecule has 2 aromatic heterocycles. The highest BCUT2D eigenvalue weighted by molar-refractivity contribution is 5.77. The average molecular weight is 285 g/mol. The highest BCUT2D eigenvalue weighted by Gasteiger charge is 2.14. The van der Waals surface area contributed by atoms with Crippen molar-refractivity contribution >= 4 is 16.8 Å². The third kappa shape index (κ3) is 2.89. The molecular weight excluding hydrogens is 266 g/mol. The number of benzene rings is 1. The molecule has 0 unspecified atom stereocenters. The Morgan fingerprint density at radius 2 is 2.10 bits per heavy atom. The van der Waals surface area contributed by atoms with Gasteiger partial charge in [-0.05, 0) is 39.0 Å². The minimum atomic E-state index is -0.0532. The van der Waals surface area contributed by atoms with Crippen LogP contribution in [-0.4, -0.2) is 20.0 Å². The van der Waals surface area contributed by atoms with Gasteiger partial charge in [-0.1, -0.05) is 5.21 Å². The predicted molar refractivity (Wildman–Crippen MR) is 81.1 cm³/mol. The van der Waals surface area contributed by atoms with Crippen LogP contribution in [0.25, 0.3) is 11.1 Å². The second-order valence-corrected chi connectivity index (χ2v) is 6.09. The van der Waals surface area contributed by atoms with Crippen LogP contribution in [0.15, 0.2) is 28.8 Å². The first-order valence-corrected chi connectivity index (χ1v) is 6.94. The number of aryl methyl sites for hydroxylation is 1. The summed E-state index contributed by atoms with van der Waals surface area (Å²) >= 11 is 0. The Balaban J connectivity index is 1.72. The van der Waals surface area contributed by atoms with Gasteiger partial charge in [-0.25, -0.2) is 9.67 Å². The first kappa shape index (κ1) is 13.6. The van der Waals surface area contributed by atoms with Crippen molar-refractivity contribution in [1.29, 1.82) is 0 Å². The molecule has 110 valence electrons. The Bertz CT molecular complexity index is 766. The van der Waals surface area contributed by atoms with E-state index in [0.29, 0.717) is 12.4 Å². The summed E-state index contributed by atoms with van der Waals surface area (Å²) < 4.78 is 7.33. The van der Waals surface area contributed by atoms with Gasteiger partial charge in [0.15, 0.2) is 11.5 Å². The summed E-state index contributed by atoms with van der Waals surface area (Å²) in [5, 5.41) is 11.7. The van der Waals surface area contributed by atoms with E-state index >= 15 is 0 Å². The average Bonchev–Trinajstić information content (AvgIpc) is 3.00. The van der Waals surface area contributed by atoms with E-state index in [0.717, 1.165) is 22.5 Å². The number of hydrogen-bond donors (Lipinski definition) is 1. The normalized spacial score (nSPS) is 12.0. The van der Waals surface area contributed by atoms with Gasteiger partial charge in [0.05, 0.1) is 18.3 Å². The lowest BCUT2D eigenvalue weighted by molar-refractivity contribution is 0.347. The van der Waals surface area contributed by atoms with Gasteiger partial charge in [-0.15, -0.1) is 5.10 Å². The van der Waals surface area contributed by atoms with Gasteiger partial charge in [0.1, 0.15) is 11.2 Å². The number of oxazole rings is 1. The maximum absolute atomic E-state index is 5.46. The molecular formula is C15H19N5O. The Labute approximate surface area is 123 Å². The first-order chi connectivity index (χ1) is 9.91. The summed E-state index contributed by atoms with van der Waals surface area (Å²) in [6.07, 6.45) is 1.96. The SMILES string of the molecule is Cc1nc2cc(NCc3cn(C(C)(C)C)nn3)ccc2o1. The van der Waals surface area contributed by atoms with Crippen molar-refractivity contribution in [2.75, 3.05) is 5.32 Å². The van der Waals surface area contributed by atoms with E-state index in [1.54, 1.807) is 0 Å². The Hall–Kier alpha value is -2.37. The standard InChI is InChI=1S/C15H19N5O/c1-10-17-13-7-11(5-6-14(13)21-10)16-8-12-9-20(19-18-12)15(2,3)4/h5-7,9,16H,8H2,1-4H3. The van der Waals surface area contributed by atoms with Crippen LogP contribution in [0.2, 0.25) is 0 Å². The predicted octanol–water partition coefficient (Wildman–Crippen LogP) is 3.09. The molecule has 0 saturated heterocycles. The fourth-order valence-electron chi connectivity index (χ4n) is 2.05. The van der Waals surface area contributed by atoms with Crippen molar-refractivity contribution in [1.82, 2.24) is 20.0 Å². The lowest BCUT2D eigenvalue weighted by Gasteiger charge is -2.17. The van der Waals surface area contributed by atoms with Crippen LogP contribution in [0.5, 0.6) is 0 Å². The first-order valence-electron chi connectivity index (χ1n) is 6.94. The van der Waals surface area contributed by atoms with E-state index in [1.807, 2.05) is 36.0 Å². The number of rotatable bonds is 3. The number of nitrogens with one attached hydrogen (secondary N) is 1. The maximum atomic E-state index is 5.46. The highest BCUT2D eigenvalue weighted by Crippen LogP contribution is 2.20. The summed E-state index contributed by atoms with van der Waals surface area (Å²) in [5.41, 5.74) is 3.50. The number of aromatic nitrogens is 4. The van der Waals surface area contributed by atoms with Crippen LogP contribution >= 0.6 is 0 Å². The molecule has 2 heterocycles. The number of anilines is 1. The molecule has 0 bridgehead atoms. The second-order valence-electron chi connectivity index (χ2n) is 6.09. The molecule has 0 aliphatic carbocycles. The summed E-state index contributed by atoms with van der Waals surface area (Å²) in [7, 11) is 0. The molecule has 0 radical (unpaired) electrons. The summed E-state index contributed by atoms with van der Waals surface area (Å²) in [6.45, 7) is 8.76. The van der Waals surface area contributed by atoms with Crippen molar-refractivity contribution in [3.05, 3.63) is 36.0 Å². The zero-order chi connectivity index (χ0) is 15.0. The van der Waals surface area contributed by atoms with Gasteiger partial charge in [-0.3, -0.25) is 0 Å². The summed E-state index contributed by atoms with van der Waals surface area (Å²) in [6, 6.07) is 5.87. The molecule has 0 fully saturated rings. The van der Waals surface area contributed by atoms with E-state index < -0.39 is 0 Å². The van der Waals surface area contributed by atoms with Crippen LogP contribution in [0.3, 0.4) is 0 Å². The lowest BCUT2D eigenvalue weighted by Crippen LogP contribution is -2.22. The molecule has 0 amide bonds. The summed E-state index contributed by atoms with van der Waals surface area (Å²) in [5.74, 6) is 0.676. The zero-order valence-electron chi connectivity index (χ0n) is 12.7. The topological polar surface area (TPSA) is 68.8 Å². The van der Waals surface area contributed by atoms with E-state index in [1.165, 1.54) is 0 Å². The Kier molecular flexibility index (Phi) is 3.16. The zero-order valence-corrected chi connectivity index (χ0v) is 12.7. The molecule has 0 aliphatic heterocycles. The molecule has 6 heteroatoms. The molecule has 6 nitrogen and oxygen atoms in total. The fraction of sp³-hybridized carbons (Fsp3) is 0.400. The molecule has 3 rings (SSSR count). The molecule has 0 aliphatic rings. The van der Waals surface area contributed by atoms with E-state index in [9.17, 15) is 0 Å². The van der Waals surface area contributed by atoms with Crippen LogP contribution in [0.4, 0.5) is 5.69 Å². The largest absolute Gasteiger partial charge is 0.441 e. The lowest BCUT2D eigenvalue weighted by atomic mass is 10.1. The van der Waals surface area contributed by atoms with Gasteiger partial charge >= 0.3 is 0 Å². The van der Waals surface area contributed by atoms with Crippen molar-refractivity contribution in [2.24, 2.45) is 0 Å². The molecule has 1 N–H and O–H groups in total. The van der Waals surface area contributed by atoms with Crippen molar-refractivity contribution < 1.29 is 4.42 Å². The fourth-order valence-corrected chi connectivity index (χ4v) is 2.05. The van der Waals surface area contributed by atoms with Gasteiger partial charge < -0.3 is 9.73 Å². The molecule has 21 heavy (non-hydrogen) atoms. The van der Waals surface area contributed by atoms with Crippen LogP contribution in [-0.2, 0) is 12.1 Å². The molecule has 0 atom stereocenters. The Morgan fingerprint density at radius 1 is 1.29 bits per heavy atom. The van der Waals surface area contributed by atoms with Crippen molar-refractivity contribution in [3.63, 3.8) is 0 Å². The Morgan fingerprint density at radius 3 is 2.81 bits per heavy atom. The van der Waals surface area contributed by atoms with Gasteiger partial charge in [-0.2, -0.15) is 0 Å². The maximum Gasteiger partial charge on any atom is 0.192 e. The number of hydrogen-bond acceptors (Lipinski definition) is 5. The van der Waals surface area contributed by atoms with E-state index in [2.05, 4.69) is 41.4 Å². The molecule has 0 spiro atoms. The van der Waals surface area contributed by atoms with Crippen LogP contribution in [0, 0.1) is 6.92 Å². The quantitative estimate of drug-likeness (QED) is 0.800. The summed E-state index contributed by atoms with van der Waals surface area (Å²) in [4.78, 5) is 4.33. The number of fused-ring (bicyclic) bond motifs is 1. The third-order valence-electron chi connectivity index (χ3n) is 3.20. The smallest absolute Gasteiger partial charge is 0.192 e. The van der Waals surface area contributed by atoms with E-state index in [-0.39, 0.29) is 5.54 Å². The minimum absolute atomic E-state index is 0.0532. The van der Waals surface area contributed by atoms with Gasteiger partial charge in [0.25, 0.3) is 0 Å². The van der Waals surface area contributed by atoms with Gasteiger partial charge in [0.2, 0.25) is 0 Å². The third-order valence-corrected chi connectivity index (χ3v) is 3.20. The molecule has 1 aromatic carbocycles. The highest BCUT2D eigenvalue weighted by atomic mass is 16.3. The van der Waals surface area contributed by atoms with Crippen LogP contribution < -0.4 is 5.32 Å². The minimum Gasteiger partial charge on any atom is -0.441 e. The monoisotopic (exact) mass is 285 g/mol. The second kappa shape index (κ2) is 4.87.